The summed E-state index contributed by atoms with van der Waals surface area (Å²) in [5.74, 6) is -0.933. The molecule has 0 spiro atoms. The van der Waals surface area contributed by atoms with Gasteiger partial charge in [0.1, 0.15) is 11.9 Å². The third-order valence-electron chi connectivity index (χ3n) is 5.44. The zero-order chi connectivity index (χ0) is 23.8. The van der Waals surface area contributed by atoms with Crippen LogP contribution in [0.25, 0.3) is 0 Å². The molecule has 0 aliphatic carbocycles. The molecule has 0 saturated heterocycles. The Kier molecular flexibility index (Phi) is 8.36. The van der Waals surface area contributed by atoms with E-state index in [-0.39, 0.29) is 30.8 Å². The van der Waals surface area contributed by atoms with E-state index in [9.17, 15) is 14.0 Å². The first-order valence-electron chi connectivity index (χ1n) is 11.3. The number of amides is 2. The summed E-state index contributed by atoms with van der Waals surface area (Å²) in [6, 6.07) is 23.0. The number of carbonyl (C=O) groups excluding carboxylic acids is 2. The summed E-state index contributed by atoms with van der Waals surface area (Å²) in [7, 11) is 0. The highest BCUT2D eigenvalue weighted by atomic mass is 19.1. The van der Waals surface area contributed by atoms with Gasteiger partial charge in [-0.15, -0.1) is 0 Å². The average molecular weight is 447 g/mol. The third-order valence-corrected chi connectivity index (χ3v) is 5.44. The Balaban J connectivity index is 1.98. The van der Waals surface area contributed by atoms with Gasteiger partial charge in [0.2, 0.25) is 11.8 Å². The molecule has 1 atom stereocenters. The van der Waals surface area contributed by atoms with Crippen molar-refractivity contribution in [2.45, 2.75) is 52.2 Å². The number of hydrogen-bond donors (Lipinski definition) is 1. The van der Waals surface area contributed by atoms with Crippen molar-refractivity contribution in [3.05, 3.63) is 107 Å². The van der Waals surface area contributed by atoms with Crippen LogP contribution in [0, 0.1) is 12.7 Å². The Morgan fingerprint density at radius 2 is 1.58 bits per heavy atom. The van der Waals surface area contributed by atoms with E-state index in [1.54, 1.807) is 23.1 Å². The van der Waals surface area contributed by atoms with Crippen LogP contribution in [0.5, 0.6) is 0 Å². The van der Waals surface area contributed by atoms with Gasteiger partial charge in [-0.25, -0.2) is 4.39 Å². The largest absolute Gasteiger partial charge is 0.352 e. The normalized spacial score (nSPS) is 11.8. The van der Waals surface area contributed by atoms with Gasteiger partial charge in [0.05, 0.1) is 6.42 Å². The molecule has 0 aromatic heterocycles. The summed E-state index contributed by atoms with van der Waals surface area (Å²) in [5.41, 5.74) is 3.27. The number of rotatable bonds is 9. The lowest BCUT2D eigenvalue weighted by atomic mass is 10.0. The van der Waals surface area contributed by atoms with Crippen LogP contribution >= 0.6 is 0 Å². The number of halogens is 1. The second-order valence-electron chi connectivity index (χ2n) is 8.65. The molecule has 0 heterocycles. The van der Waals surface area contributed by atoms with E-state index < -0.39 is 11.9 Å². The van der Waals surface area contributed by atoms with E-state index in [1.807, 2.05) is 75.4 Å². The van der Waals surface area contributed by atoms with Crippen LogP contribution in [-0.4, -0.2) is 28.8 Å². The highest BCUT2D eigenvalue weighted by Gasteiger charge is 2.31. The molecular formula is C28H31FN2O2. The van der Waals surface area contributed by atoms with Crippen molar-refractivity contribution in [1.82, 2.24) is 10.2 Å². The number of hydrogen-bond acceptors (Lipinski definition) is 2. The van der Waals surface area contributed by atoms with Crippen molar-refractivity contribution in [3.63, 3.8) is 0 Å². The summed E-state index contributed by atoms with van der Waals surface area (Å²) >= 11 is 0. The molecule has 3 rings (SSSR count). The molecule has 172 valence electrons. The smallest absolute Gasteiger partial charge is 0.243 e. The van der Waals surface area contributed by atoms with Crippen LogP contribution < -0.4 is 5.32 Å². The molecule has 1 N–H and O–H groups in total. The van der Waals surface area contributed by atoms with Gasteiger partial charge in [-0.2, -0.15) is 0 Å². The Labute approximate surface area is 195 Å². The molecule has 0 unspecified atom stereocenters. The van der Waals surface area contributed by atoms with Crippen LogP contribution in [0.15, 0.2) is 78.9 Å². The summed E-state index contributed by atoms with van der Waals surface area (Å²) in [4.78, 5) is 28.4. The number of nitrogens with one attached hydrogen (secondary N) is 1. The van der Waals surface area contributed by atoms with Gasteiger partial charge in [-0.05, 0) is 43.5 Å². The number of carbonyl (C=O) groups is 2. The van der Waals surface area contributed by atoms with Gasteiger partial charge < -0.3 is 10.2 Å². The Bertz CT molecular complexity index is 1080. The summed E-state index contributed by atoms with van der Waals surface area (Å²) in [6.45, 7) is 6.03. The van der Waals surface area contributed by atoms with Crippen molar-refractivity contribution in [3.8, 4) is 0 Å². The highest BCUT2D eigenvalue weighted by molar-refractivity contribution is 5.89. The highest BCUT2D eigenvalue weighted by Crippen LogP contribution is 2.18. The van der Waals surface area contributed by atoms with Crippen molar-refractivity contribution in [1.29, 1.82) is 0 Å². The number of nitrogens with zero attached hydrogens (tertiary/aromatic N) is 1. The molecule has 0 aliphatic heterocycles. The van der Waals surface area contributed by atoms with Crippen LogP contribution in [0.3, 0.4) is 0 Å². The van der Waals surface area contributed by atoms with Crippen molar-refractivity contribution in [2.24, 2.45) is 0 Å². The molecule has 0 fully saturated rings. The Morgan fingerprint density at radius 1 is 0.909 bits per heavy atom. The van der Waals surface area contributed by atoms with Gasteiger partial charge >= 0.3 is 0 Å². The fourth-order valence-corrected chi connectivity index (χ4v) is 3.85. The second-order valence-corrected chi connectivity index (χ2v) is 8.65. The molecule has 0 aliphatic rings. The zero-order valence-corrected chi connectivity index (χ0v) is 19.4. The van der Waals surface area contributed by atoms with Crippen molar-refractivity contribution in [2.75, 3.05) is 0 Å². The van der Waals surface area contributed by atoms with E-state index in [2.05, 4.69) is 5.32 Å². The second kappa shape index (κ2) is 11.4. The van der Waals surface area contributed by atoms with Crippen LogP contribution in [0.2, 0.25) is 0 Å². The minimum absolute atomic E-state index is 0.0711. The molecule has 3 aromatic rings. The predicted octanol–water partition coefficient (Wildman–Crippen LogP) is 4.84. The lowest BCUT2D eigenvalue weighted by Crippen LogP contribution is -2.52. The fourth-order valence-electron chi connectivity index (χ4n) is 3.85. The molecule has 0 bridgehead atoms. The van der Waals surface area contributed by atoms with E-state index in [0.717, 1.165) is 16.7 Å². The third kappa shape index (κ3) is 7.01. The van der Waals surface area contributed by atoms with Gasteiger partial charge in [0.15, 0.2) is 0 Å². The van der Waals surface area contributed by atoms with Gasteiger partial charge in [-0.1, -0.05) is 78.4 Å². The monoisotopic (exact) mass is 446 g/mol. The first kappa shape index (κ1) is 24.2. The maximum atomic E-state index is 14.3. The summed E-state index contributed by atoms with van der Waals surface area (Å²) in [6.07, 6.45) is 0.257. The quantitative estimate of drug-likeness (QED) is 0.511. The average Bonchev–Trinajstić information content (AvgIpc) is 2.78. The first-order valence-corrected chi connectivity index (χ1v) is 11.3. The van der Waals surface area contributed by atoms with Crippen LogP contribution in [0.1, 0.15) is 36.1 Å². The maximum absolute atomic E-state index is 14.3. The topological polar surface area (TPSA) is 49.4 Å². The van der Waals surface area contributed by atoms with E-state index >= 15 is 0 Å². The molecular weight excluding hydrogens is 415 g/mol. The maximum Gasteiger partial charge on any atom is 0.243 e. The molecule has 33 heavy (non-hydrogen) atoms. The summed E-state index contributed by atoms with van der Waals surface area (Å²) < 4.78 is 14.3. The Hall–Kier alpha value is -3.47. The molecule has 0 saturated carbocycles. The standard InChI is InChI=1S/C28H31FN2O2/c1-20(2)30-28(33)26(17-22-11-5-4-6-12-22)31(19-23-13-9-10-21(3)16-23)27(32)18-24-14-7-8-15-25(24)29/h4-16,20,26H,17-19H2,1-3H3,(H,30,33)/t26-/m0/s1. The number of benzene rings is 3. The molecule has 3 aromatic carbocycles. The number of aryl methyl sites for hydroxylation is 1. The Morgan fingerprint density at radius 3 is 2.24 bits per heavy atom. The molecule has 5 heteroatoms. The van der Waals surface area contributed by atoms with Crippen molar-refractivity contribution < 1.29 is 14.0 Å². The van der Waals surface area contributed by atoms with E-state index in [0.29, 0.717) is 12.0 Å². The van der Waals surface area contributed by atoms with Gasteiger partial charge in [0, 0.05) is 19.0 Å². The lowest BCUT2D eigenvalue weighted by Gasteiger charge is -2.32. The van der Waals surface area contributed by atoms with Gasteiger partial charge in [-0.3, -0.25) is 9.59 Å². The predicted molar refractivity (Wildman–Crippen MR) is 129 cm³/mol. The molecule has 2 amide bonds. The van der Waals surface area contributed by atoms with Gasteiger partial charge in [0.25, 0.3) is 0 Å². The molecule has 0 radical (unpaired) electrons. The van der Waals surface area contributed by atoms with Crippen LogP contribution in [-0.2, 0) is 29.0 Å². The van der Waals surface area contributed by atoms with E-state index in [1.165, 1.54) is 6.07 Å². The SMILES string of the molecule is Cc1cccc(CN(C(=O)Cc2ccccc2F)[C@@H](Cc2ccccc2)C(=O)NC(C)C)c1. The minimum Gasteiger partial charge on any atom is -0.352 e. The first-order chi connectivity index (χ1) is 15.8. The van der Waals surface area contributed by atoms with Crippen molar-refractivity contribution >= 4 is 11.8 Å². The summed E-state index contributed by atoms with van der Waals surface area (Å²) in [5, 5.41) is 2.96. The fraction of sp³-hybridized carbons (Fsp3) is 0.286. The minimum atomic E-state index is -0.727. The van der Waals surface area contributed by atoms with Crippen LogP contribution in [0.4, 0.5) is 4.39 Å². The zero-order valence-electron chi connectivity index (χ0n) is 19.4. The molecule has 4 nitrogen and oxygen atoms in total. The van der Waals surface area contributed by atoms with E-state index in [4.69, 9.17) is 0 Å². The lowest BCUT2D eigenvalue weighted by molar-refractivity contribution is -0.141.